The van der Waals surface area contributed by atoms with Gasteiger partial charge in [0, 0.05) is 13.0 Å². The second-order valence-electron chi connectivity index (χ2n) is 13.1. The van der Waals surface area contributed by atoms with Gasteiger partial charge in [0.1, 0.15) is 12.1 Å². The monoisotopic (exact) mass is 544 g/mol. The standard InChI is InChI=1S/C31H48N2O6/c1-19(2)27(32-26(36)13-11-21-10-12-24(34)25(35)18-21)28(37)33-16-8-9-23(33)29(38)39-20(3)17-22-14-15-30(4,5)31(22,6)7/h10,12,18-20,22-23,27,34-35H,8-9,11,13-17H2,1-7H3,(H,32,36)/t20?,22?,23?,27-/m0/s1. The van der Waals surface area contributed by atoms with Crippen molar-refractivity contribution in [3.8, 4) is 11.5 Å². The van der Waals surface area contributed by atoms with Crippen LogP contribution in [0.5, 0.6) is 11.5 Å². The molecule has 3 rings (SSSR count). The number of phenolic OH excluding ortho intramolecular Hbond substituents is 2. The van der Waals surface area contributed by atoms with Gasteiger partial charge in [-0.05, 0) is 85.8 Å². The van der Waals surface area contributed by atoms with Gasteiger partial charge in [-0.15, -0.1) is 0 Å². The summed E-state index contributed by atoms with van der Waals surface area (Å²) in [6, 6.07) is 3.06. The van der Waals surface area contributed by atoms with E-state index in [-0.39, 0.29) is 58.6 Å². The fourth-order valence-electron chi connectivity index (χ4n) is 6.10. The molecular weight excluding hydrogens is 496 g/mol. The van der Waals surface area contributed by atoms with Gasteiger partial charge in [-0.2, -0.15) is 0 Å². The molecule has 2 fully saturated rings. The van der Waals surface area contributed by atoms with Gasteiger partial charge in [-0.25, -0.2) is 4.79 Å². The lowest BCUT2D eigenvalue weighted by molar-refractivity contribution is -0.159. The lowest BCUT2D eigenvalue weighted by Gasteiger charge is -2.40. The van der Waals surface area contributed by atoms with Gasteiger partial charge >= 0.3 is 5.97 Å². The molecule has 3 N–H and O–H groups in total. The zero-order valence-electron chi connectivity index (χ0n) is 24.8. The molecule has 3 unspecified atom stereocenters. The van der Waals surface area contributed by atoms with Crippen LogP contribution in [0, 0.1) is 22.7 Å². The van der Waals surface area contributed by atoms with E-state index in [1.807, 2.05) is 20.8 Å². The first-order valence-electron chi connectivity index (χ1n) is 14.4. The van der Waals surface area contributed by atoms with Crippen LogP contribution >= 0.6 is 0 Å². The SMILES string of the molecule is CC(CC1CCC(C)(C)C1(C)C)OC(=O)C1CCCN1C(=O)[C@@H](NC(=O)CCc1ccc(O)c(O)c1)C(C)C. The Morgan fingerprint density at radius 3 is 2.36 bits per heavy atom. The molecule has 1 heterocycles. The molecule has 39 heavy (non-hydrogen) atoms. The van der Waals surface area contributed by atoms with Crippen LogP contribution in [-0.2, 0) is 25.5 Å². The zero-order valence-corrected chi connectivity index (χ0v) is 24.8. The molecule has 0 spiro atoms. The van der Waals surface area contributed by atoms with Crippen molar-refractivity contribution in [1.29, 1.82) is 0 Å². The van der Waals surface area contributed by atoms with Crippen molar-refractivity contribution in [3.05, 3.63) is 23.8 Å². The lowest BCUT2D eigenvalue weighted by Crippen LogP contribution is -2.54. The maximum absolute atomic E-state index is 13.6. The van der Waals surface area contributed by atoms with Crippen LogP contribution in [0.1, 0.15) is 92.6 Å². The Morgan fingerprint density at radius 2 is 1.77 bits per heavy atom. The van der Waals surface area contributed by atoms with Gasteiger partial charge in [-0.3, -0.25) is 9.59 Å². The van der Waals surface area contributed by atoms with Crippen LogP contribution in [0.3, 0.4) is 0 Å². The van der Waals surface area contributed by atoms with Crippen LogP contribution in [0.4, 0.5) is 0 Å². The number of aromatic hydroxyl groups is 2. The topological polar surface area (TPSA) is 116 Å². The van der Waals surface area contributed by atoms with Crippen LogP contribution in [-0.4, -0.2) is 57.6 Å². The average molecular weight is 545 g/mol. The number of benzene rings is 1. The number of aryl methyl sites for hydroxylation is 1. The van der Waals surface area contributed by atoms with Gasteiger partial charge in [0.15, 0.2) is 11.5 Å². The first kappa shape index (κ1) is 30.8. The number of amides is 2. The smallest absolute Gasteiger partial charge is 0.329 e. The summed E-state index contributed by atoms with van der Waals surface area (Å²) in [5.74, 6) is -1.04. The number of nitrogens with one attached hydrogen (secondary N) is 1. The number of ether oxygens (including phenoxy) is 1. The molecule has 1 aliphatic carbocycles. The third kappa shape index (κ3) is 7.06. The largest absolute Gasteiger partial charge is 0.504 e. The molecule has 4 atom stereocenters. The molecule has 2 aliphatic rings. The minimum atomic E-state index is -0.752. The van der Waals surface area contributed by atoms with Crippen LogP contribution in [0.2, 0.25) is 0 Å². The summed E-state index contributed by atoms with van der Waals surface area (Å²) < 4.78 is 5.91. The number of likely N-dealkylation sites (tertiary alicyclic amines) is 1. The quantitative estimate of drug-likeness (QED) is 0.284. The fourth-order valence-corrected chi connectivity index (χ4v) is 6.10. The van der Waals surface area contributed by atoms with Crippen LogP contribution in [0.25, 0.3) is 0 Å². The van der Waals surface area contributed by atoms with E-state index in [1.165, 1.54) is 12.1 Å². The number of hydrogen-bond acceptors (Lipinski definition) is 6. The van der Waals surface area contributed by atoms with Crippen molar-refractivity contribution >= 4 is 17.8 Å². The van der Waals surface area contributed by atoms with E-state index >= 15 is 0 Å². The summed E-state index contributed by atoms with van der Waals surface area (Å²) in [6.45, 7) is 15.4. The number of nitrogens with zero attached hydrogens (tertiary/aromatic N) is 1. The summed E-state index contributed by atoms with van der Waals surface area (Å²) in [7, 11) is 0. The van der Waals surface area contributed by atoms with E-state index in [2.05, 4.69) is 33.0 Å². The lowest BCUT2D eigenvalue weighted by atomic mass is 9.66. The molecule has 1 aromatic carbocycles. The zero-order chi connectivity index (χ0) is 29.1. The Balaban J connectivity index is 1.57. The van der Waals surface area contributed by atoms with Gasteiger partial charge < -0.3 is 25.2 Å². The summed E-state index contributed by atoms with van der Waals surface area (Å²) >= 11 is 0. The molecule has 1 saturated heterocycles. The molecule has 2 amide bonds. The fraction of sp³-hybridized carbons (Fsp3) is 0.710. The predicted molar refractivity (Wildman–Crippen MR) is 150 cm³/mol. The van der Waals surface area contributed by atoms with E-state index in [4.69, 9.17) is 4.74 Å². The highest BCUT2D eigenvalue weighted by Gasteiger charge is 2.49. The second-order valence-corrected chi connectivity index (χ2v) is 13.1. The van der Waals surface area contributed by atoms with Crippen LogP contribution < -0.4 is 5.32 Å². The highest BCUT2D eigenvalue weighted by molar-refractivity contribution is 5.91. The Hall–Kier alpha value is -2.77. The summed E-state index contributed by atoms with van der Waals surface area (Å²) in [6.07, 6.45) is 4.62. The van der Waals surface area contributed by atoms with E-state index in [0.29, 0.717) is 37.3 Å². The van der Waals surface area contributed by atoms with Crippen molar-refractivity contribution in [2.75, 3.05) is 6.54 Å². The molecule has 8 heteroatoms. The third-order valence-corrected chi connectivity index (χ3v) is 9.55. The molecule has 0 bridgehead atoms. The van der Waals surface area contributed by atoms with Gasteiger partial charge in [0.05, 0.1) is 6.10 Å². The maximum atomic E-state index is 13.6. The summed E-state index contributed by atoms with van der Waals surface area (Å²) in [5.41, 5.74) is 1.11. The Kier molecular flexibility index (Phi) is 9.60. The molecule has 0 radical (unpaired) electrons. The Labute approximate surface area is 233 Å². The minimum Gasteiger partial charge on any atom is -0.504 e. The molecule has 1 saturated carbocycles. The maximum Gasteiger partial charge on any atom is 0.329 e. The van der Waals surface area contributed by atoms with Crippen molar-refractivity contribution in [1.82, 2.24) is 10.2 Å². The number of phenols is 2. The van der Waals surface area contributed by atoms with Crippen molar-refractivity contribution in [2.24, 2.45) is 22.7 Å². The number of rotatable bonds is 10. The second kappa shape index (κ2) is 12.2. The summed E-state index contributed by atoms with van der Waals surface area (Å²) in [4.78, 5) is 41.1. The van der Waals surface area contributed by atoms with E-state index in [9.17, 15) is 24.6 Å². The first-order valence-corrected chi connectivity index (χ1v) is 14.4. The predicted octanol–water partition coefficient (Wildman–Crippen LogP) is 4.95. The van der Waals surface area contributed by atoms with Crippen molar-refractivity contribution < 1.29 is 29.3 Å². The first-order chi connectivity index (χ1) is 18.1. The minimum absolute atomic E-state index is 0.123. The highest BCUT2D eigenvalue weighted by atomic mass is 16.5. The normalized spacial score (nSPS) is 23.4. The molecule has 8 nitrogen and oxygen atoms in total. The third-order valence-electron chi connectivity index (χ3n) is 9.55. The molecule has 0 aromatic heterocycles. The van der Waals surface area contributed by atoms with Gasteiger partial charge in [0.2, 0.25) is 11.8 Å². The molecule has 218 valence electrons. The van der Waals surface area contributed by atoms with Gasteiger partial charge in [0.25, 0.3) is 0 Å². The van der Waals surface area contributed by atoms with E-state index in [0.717, 1.165) is 19.3 Å². The Bertz CT molecular complexity index is 1050. The van der Waals surface area contributed by atoms with Crippen molar-refractivity contribution in [2.45, 2.75) is 112 Å². The van der Waals surface area contributed by atoms with Crippen molar-refractivity contribution in [3.63, 3.8) is 0 Å². The highest BCUT2D eigenvalue weighted by Crippen LogP contribution is 2.57. The van der Waals surface area contributed by atoms with Crippen LogP contribution in [0.15, 0.2) is 18.2 Å². The number of carbonyl (C=O) groups is 3. The number of carbonyl (C=O) groups excluding carboxylic acids is 3. The molecular formula is C31H48N2O6. The summed E-state index contributed by atoms with van der Waals surface area (Å²) in [5, 5.41) is 22.0. The average Bonchev–Trinajstić information content (AvgIpc) is 3.41. The Morgan fingerprint density at radius 1 is 1.08 bits per heavy atom. The number of esters is 1. The number of hydrogen-bond donors (Lipinski definition) is 3. The van der Waals surface area contributed by atoms with E-state index < -0.39 is 12.1 Å². The van der Waals surface area contributed by atoms with E-state index in [1.54, 1.807) is 11.0 Å². The molecule has 1 aliphatic heterocycles. The molecule has 1 aromatic rings. The van der Waals surface area contributed by atoms with Gasteiger partial charge in [-0.1, -0.05) is 47.6 Å².